The van der Waals surface area contributed by atoms with Gasteiger partial charge in [0.15, 0.2) is 5.78 Å². The lowest BCUT2D eigenvalue weighted by Gasteiger charge is -2.03. The third-order valence-electron chi connectivity index (χ3n) is 2.80. The van der Waals surface area contributed by atoms with Crippen molar-refractivity contribution in [3.63, 3.8) is 0 Å². The number of carbonyl (C=O) groups excluding carboxylic acids is 1. The number of ketones is 1. The van der Waals surface area contributed by atoms with Crippen molar-refractivity contribution < 1.29 is 9.53 Å². The summed E-state index contributed by atoms with van der Waals surface area (Å²) in [5, 5.41) is 0. The maximum Gasteiger partial charge on any atom is 0.175 e. The monoisotopic (exact) mass is 261 g/mol. The smallest absolute Gasteiger partial charge is 0.175 e. The molecule has 0 atom stereocenters. The summed E-state index contributed by atoms with van der Waals surface area (Å²) in [6.45, 7) is 1.87. The largest absolute Gasteiger partial charge is 0.497 e. The van der Waals surface area contributed by atoms with Gasteiger partial charge in [-0.2, -0.15) is 0 Å². The second-order valence-electron chi connectivity index (χ2n) is 4.04. The molecule has 1 aromatic heterocycles. The Kier molecular flexibility index (Phi) is 4.10. The second kappa shape index (κ2) is 5.78. The quantitative estimate of drug-likeness (QED) is 0.775. The lowest BCUT2D eigenvalue weighted by molar-refractivity contribution is 0.0986. The van der Waals surface area contributed by atoms with Gasteiger partial charge in [-0.1, -0.05) is 12.1 Å². The normalized spacial score (nSPS) is 10.3. The minimum atomic E-state index is 0.172. The number of thiazole rings is 1. The van der Waals surface area contributed by atoms with E-state index in [2.05, 4.69) is 4.98 Å². The Morgan fingerprint density at radius 3 is 2.61 bits per heavy atom. The van der Waals surface area contributed by atoms with Gasteiger partial charge in [0, 0.05) is 6.42 Å². The molecule has 0 bridgehead atoms. The summed E-state index contributed by atoms with van der Waals surface area (Å²) in [5.41, 5.74) is 3.70. The predicted molar refractivity (Wildman–Crippen MR) is 72.5 cm³/mol. The standard InChI is InChI=1S/C14H15NO2S/c1-10-14(18-9-15-10)13(16)8-5-11-3-6-12(17-2)7-4-11/h3-4,6-7,9H,5,8H2,1-2H3. The third kappa shape index (κ3) is 2.96. The van der Waals surface area contributed by atoms with Crippen molar-refractivity contribution in [2.24, 2.45) is 0 Å². The third-order valence-corrected chi connectivity index (χ3v) is 3.77. The fourth-order valence-corrected chi connectivity index (χ4v) is 2.51. The predicted octanol–water partition coefficient (Wildman–Crippen LogP) is 3.28. The van der Waals surface area contributed by atoms with Crippen LogP contribution >= 0.6 is 11.3 Å². The number of hydrogen-bond acceptors (Lipinski definition) is 4. The van der Waals surface area contributed by atoms with Gasteiger partial charge in [-0.15, -0.1) is 11.3 Å². The molecule has 0 unspecified atom stereocenters. The highest BCUT2D eigenvalue weighted by molar-refractivity contribution is 7.11. The van der Waals surface area contributed by atoms with Crippen LogP contribution in [0.1, 0.15) is 27.3 Å². The van der Waals surface area contributed by atoms with E-state index in [1.165, 1.54) is 11.3 Å². The van der Waals surface area contributed by atoms with E-state index in [1.54, 1.807) is 12.6 Å². The van der Waals surface area contributed by atoms with E-state index in [-0.39, 0.29) is 5.78 Å². The van der Waals surface area contributed by atoms with Gasteiger partial charge in [0.2, 0.25) is 0 Å². The molecule has 0 fully saturated rings. The van der Waals surface area contributed by atoms with Crippen LogP contribution in [0.4, 0.5) is 0 Å². The highest BCUT2D eigenvalue weighted by Gasteiger charge is 2.11. The van der Waals surface area contributed by atoms with Crippen LogP contribution in [0, 0.1) is 6.92 Å². The summed E-state index contributed by atoms with van der Waals surface area (Å²) in [5.74, 6) is 1.01. The van der Waals surface area contributed by atoms with E-state index in [4.69, 9.17) is 4.74 Å². The van der Waals surface area contributed by atoms with Gasteiger partial charge in [0.05, 0.1) is 23.2 Å². The Balaban J connectivity index is 1.95. The van der Waals surface area contributed by atoms with Crippen molar-refractivity contribution >= 4 is 17.1 Å². The molecule has 4 heteroatoms. The lowest BCUT2D eigenvalue weighted by Crippen LogP contribution is -2.00. The first-order valence-corrected chi connectivity index (χ1v) is 6.65. The van der Waals surface area contributed by atoms with Gasteiger partial charge >= 0.3 is 0 Å². The van der Waals surface area contributed by atoms with Crippen molar-refractivity contribution in [2.45, 2.75) is 19.8 Å². The number of hydrogen-bond donors (Lipinski definition) is 0. The topological polar surface area (TPSA) is 39.2 Å². The fraction of sp³-hybridized carbons (Fsp3) is 0.286. The molecule has 0 N–H and O–H groups in total. The Morgan fingerprint density at radius 1 is 1.33 bits per heavy atom. The van der Waals surface area contributed by atoms with Crippen LogP contribution in [0.15, 0.2) is 29.8 Å². The maximum absolute atomic E-state index is 12.0. The van der Waals surface area contributed by atoms with Crippen molar-refractivity contribution in [3.8, 4) is 5.75 Å². The minimum absolute atomic E-state index is 0.172. The Hall–Kier alpha value is -1.68. The Bertz CT molecular complexity index is 531. The molecule has 0 aliphatic rings. The Labute approximate surface area is 110 Å². The van der Waals surface area contributed by atoms with Crippen LogP contribution in [0.5, 0.6) is 5.75 Å². The molecule has 0 saturated carbocycles. The van der Waals surface area contributed by atoms with Gasteiger partial charge in [0.1, 0.15) is 5.75 Å². The van der Waals surface area contributed by atoms with Gasteiger partial charge in [-0.25, -0.2) is 4.98 Å². The van der Waals surface area contributed by atoms with E-state index < -0.39 is 0 Å². The Morgan fingerprint density at radius 2 is 2.06 bits per heavy atom. The first-order chi connectivity index (χ1) is 8.70. The number of aryl methyl sites for hydroxylation is 2. The highest BCUT2D eigenvalue weighted by Crippen LogP contribution is 2.17. The lowest BCUT2D eigenvalue weighted by atomic mass is 10.1. The molecule has 0 spiro atoms. The van der Waals surface area contributed by atoms with Crippen molar-refractivity contribution in [1.29, 1.82) is 0 Å². The van der Waals surface area contributed by atoms with E-state index in [0.29, 0.717) is 6.42 Å². The zero-order chi connectivity index (χ0) is 13.0. The molecule has 3 nitrogen and oxygen atoms in total. The molecule has 0 aliphatic carbocycles. The average molecular weight is 261 g/mol. The van der Waals surface area contributed by atoms with E-state index in [0.717, 1.165) is 28.3 Å². The minimum Gasteiger partial charge on any atom is -0.497 e. The number of Topliss-reactive ketones (excluding diaryl/α,β-unsaturated/α-hetero) is 1. The number of methoxy groups -OCH3 is 1. The van der Waals surface area contributed by atoms with Crippen LogP contribution in [-0.4, -0.2) is 17.9 Å². The summed E-state index contributed by atoms with van der Waals surface area (Å²) in [6.07, 6.45) is 1.27. The van der Waals surface area contributed by atoms with Gasteiger partial charge in [0.25, 0.3) is 0 Å². The summed E-state index contributed by atoms with van der Waals surface area (Å²) >= 11 is 1.42. The number of ether oxygens (including phenoxy) is 1. The number of nitrogens with zero attached hydrogens (tertiary/aromatic N) is 1. The molecule has 2 aromatic rings. The van der Waals surface area contributed by atoms with Crippen LogP contribution in [0.3, 0.4) is 0 Å². The molecule has 0 amide bonds. The molecule has 1 heterocycles. The molecule has 18 heavy (non-hydrogen) atoms. The zero-order valence-electron chi connectivity index (χ0n) is 10.5. The maximum atomic E-state index is 12.0. The van der Waals surface area contributed by atoms with Gasteiger partial charge < -0.3 is 4.74 Å². The number of benzene rings is 1. The second-order valence-corrected chi connectivity index (χ2v) is 4.89. The van der Waals surface area contributed by atoms with Crippen LogP contribution in [0.25, 0.3) is 0 Å². The molecule has 94 valence electrons. The molecule has 0 aliphatic heterocycles. The zero-order valence-corrected chi connectivity index (χ0v) is 11.3. The molecule has 2 rings (SSSR count). The molecule has 0 saturated heterocycles. The number of aromatic nitrogens is 1. The fourth-order valence-electron chi connectivity index (χ4n) is 1.73. The van der Waals surface area contributed by atoms with Crippen LogP contribution < -0.4 is 4.74 Å². The van der Waals surface area contributed by atoms with Crippen molar-refractivity contribution in [3.05, 3.63) is 45.9 Å². The van der Waals surface area contributed by atoms with Crippen molar-refractivity contribution in [1.82, 2.24) is 4.98 Å². The molecular formula is C14H15NO2S. The summed E-state index contributed by atoms with van der Waals surface area (Å²) in [6, 6.07) is 7.81. The van der Waals surface area contributed by atoms with E-state index in [1.807, 2.05) is 31.2 Å². The molecule has 0 radical (unpaired) electrons. The van der Waals surface area contributed by atoms with E-state index >= 15 is 0 Å². The average Bonchev–Trinajstić information content (AvgIpc) is 2.83. The van der Waals surface area contributed by atoms with Gasteiger partial charge in [-0.3, -0.25) is 4.79 Å². The van der Waals surface area contributed by atoms with Crippen LogP contribution in [-0.2, 0) is 6.42 Å². The number of carbonyl (C=O) groups is 1. The number of rotatable bonds is 5. The van der Waals surface area contributed by atoms with E-state index in [9.17, 15) is 4.79 Å². The van der Waals surface area contributed by atoms with Gasteiger partial charge in [-0.05, 0) is 31.0 Å². The first-order valence-electron chi connectivity index (χ1n) is 5.77. The summed E-state index contributed by atoms with van der Waals surface area (Å²) in [7, 11) is 1.64. The molecular weight excluding hydrogens is 246 g/mol. The SMILES string of the molecule is COc1ccc(CCC(=O)c2scnc2C)cc1. The highest BCUT2D eigenvalue weighted by atomic mass is 32.1. The summed E-state index contributed by atoms with van der Waals surface area (Å²) < 4.78 is 5.10. The van der Waals surface area contributed by atoms with Crippen molar-refractivity contribution in [2.75, 3.05) is 7.11 Å². The molecule has 1 aromatic carbocycles. The summed E-state index contributed by atoms with van der Waals surface area (Å²) in [4.78, 5) is 16.8. The first kappa shape index (κ1) is 12.8. The van der Waals surface area contributed by atoms with Crippen LogP contribution in [0.2, 0.25) is 0 Å².